The lowest BCUT2D eigenvalue weighted by Gasteiger charge is -2.21. The monoisotopic (exact) mass is 712 g/mol. The second kappa shape index (κ2) is 19.2. The average Bonchev–Trinajstić information content (AvgIpc) is 3.67. The van der Waals surface area contributed by atoms with E-state index in [1.165, 1.54) is 12.3 Å². The molecule has 1 N–H and O–H groups in total. The summed E-state index contributed by atoms with van der Waals surface area (Å²) in [4.78, 5) is 52.0. The van der Waals surface area contributed by atoms with Crippen LogP contribution in [0, 0.1) is 23.5 Å². The van der Waals surface area contributed by atoms with Gasteiger partial charge in [-0.15, -0.1) is 0 Å². The Morgan fingerprint density at radius 3 is 1.58 bits per heavy atom. The number of ether oxygens (including phenoxy) is 1. The highest BCUT2D eigenvalue weighted by Gasteiger charge is 2.27. The zero-order valence-corrected chi connectivity index (χ0v) is 29.8. The second-order valence-electron chi connectivity index (χ2n) is 14.1. The number of carbonyl (C=O) groups is 2. The van der Waals surface area contributed by atoms with Crippen LogP contribution in [0.5, 0.6) is 0 Å². The quantitative estimate of drug-likeness (QED) is 0.204. The minimum atomic E-state index is -1.15. The number of carboxylic acid groups (broad SMARTS) is 1. The van der Waals surface area contributed by atoms with Gasteiger partial charge in [0.15, 0.2) is 11.6 Å². The number of nitrogens with zero attached hydrogens (tertiary/aromatic N) is 4. The van der Waals surface area contributed by atoms with Crippen LogP contribution in [-0.4, -0.2) is 94.2 Å². The molecule has 2 saturated heterocycles. The summed E-state index contributed by atoms with van der Waals surface area (Å²) in [5.74, 6) is -3.33. The number of hydrogen-bond donors (Lipinski definition) is 1. The van der Waals surface area contributed by atoms with E-state index in [-0.39, 0.29) is 24.9 Å². The number of aromatic nitrogens is 2. The molecule has 0 aromatic carbocycles. The standard InChI is InChI=1S/C19H28F2N2O3.C17H24F2N2O3/c1-4-26-19(25)17(9-13(2)3)23-11-14(10-16(21)18(23)24)5-7-22-8-6-15(20)12-22;1-11(2)7-15(17(23)24)21-9-12(8-14(19)16(21)22)3-5-20-6-4-13(18)10-20/h10-11,13,15,17H,4-9,12H2,1-3H3;8-9,11,13,15H,3-7,10H2,1-2H3,(H,23,24)/t15-,17?;13-,15?/m11/s1. The lowest BCUT2D eigenvalue weighted by atomic mass is 10.0. The molecule has 2 aromatic heterocycles. The summed E-state index contributed by atoms with van der Waals surface area (Å²) in [5.41, 5.74) is -0.582. The largest absolute Gasteiger partial charge is 0.480 e. The van der Waals surface area contributed by atoms with E-state index in [9.17, 15) is 41.8 Å². The average molecular weight is 713 g/mol. The van der Waals surface area contributed by atoms with Crippen molar-refractivity contribution in [1.82, 2.24) is 18.9 Å². The molecule has 0 radical (unpaired) electrons. The van der Waals surface area contributed by atoms with E-state index in [0.717, 1.165) is 15.2 Å². The van der Waals surface area contributed by atoms with Gasteiger partial charge in [-0.25, -0.2) is 27.2 Å². The van der Waals surface area contributed by atoms with Crippen LogP contribution in [0.3, 0.4) is 0 Å². The van der Waals surface area contributed by atoms with Crippen molar-refractivity contribution in [3.63, 3.8) is 0 Å². The van der Waals surface area contributed by atoms with Crippen molar-refractivity contribution in [2.75, 3.05) is 45.9 Å². The minimum absolute atomic E-state index is 0.0517. The Balaban J connectivity index is 0.000000271. The Morgan fingerprint density at radius 1 is 0.800 bits per heavy atom. The van der Waals surface area contributed by atoms with E-state index in [0.29, 0.717) is 82.5 Å². The van der Waals surface area contributed by atoms with Gasteiger partial charge in [0.2, 0.25) is 0 Å². The third-order valence-electron chi connectivity index (χ3n) is 8.88. The third-order valence-corrected chi connectivity index (χ3v) is 8.88. The van der Waals surface area contributed by atoms with Gasteiger partial charge in [0.25, 0.3) is 11.1 Å². The maximum Gasteiger partial charge on any atom is 0.329 e. The van der Waals surface area contributed by atoms with Gasteiger partial charge in [-0.05, 0) is 80.5 Å². The maximum absolute atomic E-state index is 14.2. The first-order valence-electron chi connectivity index (χ1n) is 17.5. The summed E-state index contributed by atoms with van der Waals surface area (Å²) in [5, 5.41) is 9.38. The Labute approximate surface area is 291 Å². The topological polar surface area (TPSA) is 114 Å². The molecule has 2 unspecified atom stereocenters. The molecule has 0 amide bonds. The van der Waals surface area contributed by atoms with Crippen LogP contribution in [0.2, 0.25) is 0 Å². The highest BCUT2D eigenvalue weighted by atomic mass is 19.1. The van der Waals surface area contributed by atoms with E-state index < -0.39 is 59.1 Å². The van der Waals surface area contributed by atoms with Gasteiger partial charge in [-0.3, -0.25) is 18.7 Å². The van der Waals surface area contributed by atoms with Gasteiger partial charge in [-0.2, -0.15) is 0 Å². The molecule has 0 saturated carbocycles. The molecule has 280 valence electrons. The number of likely N-dealkylation sites (tertiary alicyclic amines) is 2. The summed E-state index contributed by atoms with van der Waals surface area (Å²) < 4.78 is 61.8. The normalized spacial score (nSPS) is 19.4. The van der Waals surface area contributed by atoms with E-state index in [1.54, 1.807) is 13.1 Å². The molecule has 0 spiro atoms. The molecule has 50 heavy (non-hydrogen) atoms. The van der Waals surface area contributed by atoms with Crippen molar-refractivity contribution in [2.45, 2.75) is 97.6 Å². The molecule has 4 atom stereocenters. The molecular weight excluding hydrogens is 660 g/mol. The van der Waals surface area contributed by atoms with Gasteiger partial charge < -0.3 is 19.6 Å². The minimum Gasteiger partial charge on any atom is -0.480 e. The van der Waals surface area contributed by atoms with Crippen molar-refractivity contribution in [3.8, 4) is 0 Å². The van der Waals surface area contributed by atoms with Crippen LogP contribution < -0.4 is 11.1 Å². The van der Waals surface area contributed by atoms with Crippen LogP contribution in [0.4, 0.5) is 17.6 Å². The number of carboxylic acids is 1. The third kappa shape index (κ3) is 12.1. The number of carbonyl (C=O) groups excluding carboxylic acids is 1. The Hall–Kier alpha value is -3.52. The number of esters is 1. The van der Waals surface area contributed by atoms with Gasteiger partial charge in [0.05, 0.1) is 6.61 Å². The maximum atomic E-state index is 14.2. The number of rotatable bonds is 15. The summed E-state index contributed by atoms with van der Waals surface area (Å²) in [6.07, 6.45) is 3.92. The summed E-state index contributed by atoms with van der Waals surface area (Å²) in [7, 11) is 0. The van der Waals surface area contributed by atoms with Gasteiger partial charge >= 0.3 is 11.9 Å². The van der Waals surface area contributed by atoms with E-state index >= 15 is 0 Å². The predicted molar refractivity (Wildman–Crippen MR) is 182 cm³/mol. The van der Waals surface area contributed by atoms with Crippen molar-refractivity contribution < 1.29 is 37.0 Å². The number of hydrogen-bond acceptors (Lipinski definition) is 7. The second-order valence-corrected chi connectivity index (χ2v) is 14.1. The first-order valence-corrected chi connectivity index (χ1v) is 17.5. The summed E-state index contributed by atoms with van der Waals surface area (Å²) in [6, 6.07) is 0.420. The highest BCUT2D eigenvalue weighted by Crippen LogP contribution is 2.21. The molecule has 14 heteroatoms. The van der Waals surface area contributed by atoms with Crippen LogP contribution in [0.1, 0.15) is 83.5 Å². The fraction of sp³-hybridized carbons (Fsp3) is 0.667. The molecule has 2 fully saturated rings. The molecule has 2 aliphatic heterocycles. The van der Waals surface area contributed by atoms with Crippen LogP contribution in [0.25, 0.3) is 0 Å². The van der Waals surface area contributed by atoms with Crippen molar-refractivity contribution in [2.24, 2.45) is 11.8 Å². The Bertz CT molecular complexity index is 1550. The first-order chi connectivity index (χ1) is 23.6. The lowest BCUT2D eigenvalue weighted by molar-refractivity contribution is -0.148. The Kier molecular flexibility index (Phi) is 15.7. The number of alkyl halides is 2. The van der Waals surface area contributed by atoms with E-state index in [4.69, 9.17) is 4.74 Å². The molecule has 0 bridgehead atoms. The first kappa shape index (κ1) is 40.9. The van der Waals surface area contributed by atoms with Crippen LogP contribution in [0.15, 0.2) is 34.1 Å². The van der Waals surface area contributed by atoms with Crippen molar-refractivity contribution in [3.05, 3.63) is 68.0 Å². The molecule has 2 aliphatic rings. The van der Waals surface area contributed by atoms with Crippen LogP contribution in [-0.2, 0) is 27.2 Å². The molecule has 0 aliphatic carbocycles. The SMILES string of the molecule is CC(C)CC(C(=O)O)n1cc(CCN2CC[C@@H](F)C2)cc(F)c1=O.CCOC(=O)C(CC(C)C)n1cc(CCN2CC[C@@H](F)C2)cc(F)c1=O. The molecular formula is C36H52F4N4O6. The molecule has 10 nitrogen and oxygen atoms in total. The van der Waals surface area contributed by atoms with Crippen molar-refractivity contribution >= 4 is 11.9 Å². The summed E-state index contributed by atoms with van der Waals surface area (Å²) in [6.45, 7) is 12.7. The molecule has 4 rings (SSSR count). The van der Waals surface area contributed by atoms with E-state index in [1.807, 2.05) is 37.5 Å². The Morgan fingerprint density at radius 2 is 1.22 bits per heavy atom. The smallest absolute Gasteiger partial charge is 0.329 e. The van der Waals surface area contributed by atoms with Gasteiger partial charge in [0, 0.05) is 51.7 Å². The van der Waals surface area contributed by atoms with Crippen molar-refractivity contribution in [1.29, 1.82) is 0 Å². The van der Waals surface area contributed by atoms with Gasteiger partial charge in [-0.1, -0.05) is 27.7 Å². The predicted octanol–water partition coefficient (Wildman–Crippen LogP) is 4.97. The summed E-state index contributed by atoms with van der Waals surface area (Å²) >= 11 is 0. The fourth-order valence-electron chi connectivity index (χ4n) is 6.32. The van der Waals surface area contributed by atoms with Gasteiger partial charge in [0.1, 0.15) is 24.4 Å². The number of aliphatic carboxylic acids is 1. The van der Waals surface area contributed by atoms with E-state index in [2.05, 4.69) is 0 Å². The fourth-order valence-corrected chi connectivity index (χ4v) is 6.32. The number of pyridine rings is 2. The lowest BCUT2D eigenvalue weighted by Crippen LogP contribution is -2.34. The zero-order chi connectivity index (χ0) is 37.1. The van der Waals surface area contributed by atoms with Crippen LogP contribution >= 0.6 is 0 Å². The molecule has 2 aromatic rings. The molecule has 4 heterocycles. The highest BCUT2D eigenvalue weighted by molar-refractivity contribution is 5.74. The number of halogens is 4. The zero-order valence-electron chi connectivity index (χ0n) is 29.8.